The average Bonchev–Trinajstić information content (AvgIpc) is 3.60. The number of hydrogen-bond donors (Lipinski definition) is 1. The van der Waals surface area contributed by atoms with Crippen LogP contribution in [0, 0.1) is 0 Å². The summed E-state index contributed by atoms with van der Waals surface area (Å²) in [6, 6.07) is 15.4. The Morgan fingerprint density at radius 3 is 2.13 bits per heavy atom. The fraction of sp³-hybridized carbons (Fsp3) is 0.323. The predicted molar refractivity (Wildman–Crippen MR) is 163 cm³/mol. The van der Waals surface area contributed by atoms with Gasteiger partial charge in [0, 0.05) is 47.1 Å². The molecule has 0 bridgehead atoms. The third-order valence-corrected chi connectivity index (χ3v) is 8.03. The SMILES string of the molecule is COc1ccc(C2(OCCCS(=O)(=O)O)OC(=O)C(c3ccc4c(c3)OCO4)=C2Cc2cc(OC)c(OC)c(OC)c2)cc1.[Na]. The van der Waals surface area contributed by atoms with E-state index in [1.807, 2.05) is 0 Å². The summed E-state index contributed by atoms with van der Waals surface area (Å²) in [5, 5.41) is 0. The van der Waals surface area contributed by atoms with Gasteiger partial charge >= 0.3 is 5.97 Å². The molecule has 0 amide bonds. The van der Waals surface area contributed by atoms with Crippen LogP contribution in [0.25, 0.3) is 5.57 Å². The maximum Gasteiger partial charge on any atom is 0.342 e. The fourth-order valence-electron chi connectivity index (χ4n) is 5.22. The van der Waals surface area contributed by atoms with Crippen LogP contribution in [0.5, 0.6) is 34.5 Å². The molecule has 14 heteroatoms. The molecule has 3 aromatic carbocycles. The van der Waals surface area contributed by atoms with Crippen LogP contribution in [0.1, 0.15) is 23.1 Å². The predicted octanol–water partition coefficient (Wildman–Crippen LogP) is 3.77. The normalized spacial score (nSPS) is 17.0. The molecule has 1 unspecified atom stereocenters. The summed E-state index contributed by atoms with van der Waals surface area (Å²) in [6.45, 7) is -0.125. The van der Waals surface area contributed by atoms with E-state index in [1.165, 1.54) is 28.4 Å². The Labute approximate surface area is 283 Å². The van der Waals surface area contributed by atoms with Crippen LogP contribution in [-0.2, 0) is 36.6 Å². The van der Waals surface area contributed by atoms with E-state index in [0.29, 0.717) is 56.8 Å². The molecule has 2 aliphatic heterocycles. The maximum absolute atomic E-state index is 13.9. The Bertz CT molecular complexity index is 1660. The van der Waals surface area contributed by atoms with E-state index < -0.39 is 27.6 Å². The van der Waals surface area contributed by atoms with Gasteiger partial charge in [0.25, 0.3) is 15.9 Å². The van der Waals surface area contributed by atoms with Gasteiger partial charge in [-0.1, -0.05) is 6.07 Å². The number of carbonyl (C=O) groups is 1. The molecule has 3 aromatic rings. The Morgan fingerprint density at radius 1 is 0.867 bits per heavy atom. The van der Waals surface area contributed by atoms with Crippen molar-refractivity contribution in [1.82, 2.24) is 0 Å². The molecule has 1 radical (unpaired) electrons. The van der Waals surface area contributed by atoms with Crippen molar-refractivity contribution in [3.8, 4) is 34.5 Å². The number of esters is 1. The summed E-state index contributed by atoms with van der Waals surface area (Å²) >= 11 is 0. The zero-order valence-corrected chi connectivity index (χ0v) is 28.4. The molecule has 2 heterocycles. The largest absolute Gasteiger partial charge is 0.497 e. The monoisotopic (exact) mass is 651 g/mol. The number of benzene rings is 3. The molecule has 12 nitrogen and oxygen atoms in total. The summed E-state index contributed by atoms with van der Waals surface area (Å²) in [5.74, 6) is -0.230. The first kappa shape index (κ1) is 34.4. The van der Waals surface area contributed by atoms with Crippen molar-refractivity contribution in [2.75, 3.05) is 47.6 Å². The molecule has 1 atom stereocenters. The van der Waals surface area contributed by atoms with Crippen LogP contribution in [0.3, 0.4) is 0 Å². The van der Waals surface area contributed by atoms with Crippen molar-refractivity contribution in [1.29, 1.82) is 0 Å². The van der Waals surface area contributed by atoms with E-state index >= 15 is 0 Å². The molecule has 0 saturated heterocycles. The minimum Gasteiger partial charge on any atom is -0.497 e. The first-order chi connectivity index (χ1) is 21.1. The first-order valence-corrected chi connectivity index (χ1v) is 15.1. The van der Waals surface area contributed by atoms with Crippen LogP contribution in [0.4, 0.5) is 0 Å². The van der Waals surface area contributed by atoms with Crippen LogP contribution < -0.4 is 28.4 Å². The van der Waals surface area contributed by atoms with Crippen LogP contribution in [0.15, 0.2) is 60.2 Å². The third kappa shape index (κ3) is 7.19. The number of hydrogen-bond acceptors (Lipinski definition) is 11. The van der Waals surface area contributed by atoms with Gasteiger partial charge in [-0.2, -0.15) is 8.42 Å². The molecule has 0 saturated carbocycles. The van der Waals surface area contributed by atoms with Crippen molar-refractivity contribution in [3.63, 3.8) is 0 Å². The van der Waals surface area contributed by atoms with Gasteiger partial charge in [0.05, 0.1) is 46.4 Å². The molecule has 235 valence electrons. The van der Waals surface area contributed by atoms with Crippen LogP contribution in [-0.4, -0.2) is 96.1 Å². The van der Waals surface area contributed by atoms with E-state index in [1.54, 1.807) is 54.6 Å². The number of methoxy groups -OCH3 is 4. The van der Waals surface area contributed by atoms with Gasteiger partial charge in [0.15, 0.2) is 23.0 Å². The Hall–Kier alpha value is -3.46. The van der Waals surface area contributed by atoms with Crippen molar-refractivity contribution in [2.24, 2.45) is 0 Å². The van der Waals surface area contributed by atoms with Gasteiger partial charge in [-0.25, -0.2) is 4.79 Å². The third-order valence-electron chi connectivity index (χ3n) is 7.23. The molecule has 0 aromatic heterocycles. The van der Waals surface area contributed by atoms with E-state index in [9.17, 15) is 17.8 Å². The van der Waals surface area contributed by atoms with Crippen molar-refractivity contribution in [3.05, 3.63) is 76.9 Å². The number of ether oxygens (including phenoxy) is 8. The number of cyclic esters (lactones) is 1. The number of rotatable bonds is 13. The second-order valence-corrected chi connectivity index (χ2v) is 11.4. The average molecular weight is 652 g/mol. The van der Waals surface area contributed by atoms with Gasteiger partial charge in [0.1, 0.15) is 5.75 Å². The molecule has 0 fully saturated rings. The van der Waals surface area contributed by atoms with Crippen molar-refractivity contribution >= 4 is 51.2 Å². The number of fused-ring (bicyclic) bond motifs is 1. The van der Waals surface area contributed by atoms with Gasteiger partial charge in [-0.3, -0.25) is 4.55 Å². The molecular formula is C31H32NaO12S. The molecule has 0 aliphatic carbocycles. The van der Waals surface area contributed by atoms with Gasteiger partial charge in [-0.15, -0.1) is 0 Å². The second kappa shape index (κ2) is 14.3. The van der Waals surface area contributed by atoms with Gasteiger partial charge < -0.3 is 37.9 Å². The molecule has 2 aliphatic rings. The standard InChI is InChI=1S/C31H32O12S.Na/c1-36-22-9-7-21(8-10-22)31(42-12-5-13-44(33,34)35)23(14-19-15-26(37-2)29(39-4)27(16-19)38-3)28(30(32)43-31)20-6-11-24-25(17-20)41-18-40-24;/h6-11,15-17H,5,12-14,18H2,1-4H3,(H,33,34,35);. The van der Waals surface area contributed by atoms with Crippen LogP contribution in [0.2, 0.25) is 0 Å². The second-order valence-electron chi connectivity index (χ2n) is 9.85. The zero-order valence-electron chi connectivity index (χ0n) is 25.6. The van der Waals surface area contributed by atoms with Crippen molar-refractivity contribution in [2.45, 2.75) is 18.6 Å². The van der Waals surface area contributed by atoms with Gasteiger partial charge in [0.2, 0.25) is 12.5 Å². The molecular weight excluding hydrogens is 619 g/mol. The summed E-state index contributed by atoms with van der Waals surface area (Å²) in [4.78, 5) is 13.9. The van der Waals surface area contributed by atoms with Crippen molar-refractivity contribution < 1.29 is 55.7 Å². The summed E-state index contributed by atoms with van der Waals surface area (Å²) in [6.07, 6.45) is 0.0433. The van der Waals surface area contributed by atoms with E-state index in [0.717, 1.165) is 0 Å². The molecule has 45 heavy (non-hydrogen) atoms. The Balaban J connectivity index is 0.00000461. The van der Waals surface area contributed by atoms with Crippen LogP contribution >= 0.6 is 0 Å². The molecule has 1 N–H and O–H groups in total. The smallest absolute Gasteiger partial charge is 0.342 e. The molecule has 5 rings (SSSR count). The fourth-order valence-corrected chi connectivity index (χ4v) is 5.70. The minimum absolute atomic E-state index is 0. The quantitative estimate of drug-likeness (QED) is 0.124. The summed E-state index contributed by atoms with van der Waals surface area (Å²) in [5.41, 5.74) is 2.27. The summed E-state index contributed by atoms with van der Waals surface area (Å²) in [7, 11) is 1.78. The van der Waals surface area contributed by atoms with E-state index in [-0.39, 0.29) is 61.4 Å². The minimum atomic E-state index is -4.25. The first-order valence-electron chi connectivity index (χ1n) is 13.5. The Morgan fingerprint density at radius 2 is 1.53 bits per heavy atom. The summed E-state index contributed by atoms with van der Waals surface area (Å²) < 4.78 is 77.6. The van der Waals surface area contributed by atoms with E-state index in [2.05, 4.69) is 0 Å². The topological polar surface area (TPSA) is 145 Å². The zero-order chi connectivity index (χ0) is 31.5. The van der Waals surface area contributed by atoms with Gasteiger partial charge in [-0.05, 0) is 66.1 Å². The van der Waals surface area contributed by atoms with E-state index in [4.69, 9.17) is 37.9 Å². The number of carbonyl (C=O) groups excluding carboxylic acids is 1. The Kier molecular flexibility index (Phi) is 10.9. The molecule has 0 spiro atoms. The maximum atomic E-state index is 13.9.